The summed E-state index contributed by atoms with van der Waals surface area (Å²) in [6.07, 6.45) is 12.8. The summed E-state index contributed by atoms with van der Waals surface area (Å²) in [6.45, 7) is 4.93. The van der Waals surface area contributed by atoms with E-state index in [1.165, 1.54) is 12.8 Å². The van der Waals surface area contributed by atoms with Gasteiger partial charge in [0.15, 0.2) is 0 Å². The van der Waals surface area contributed by atoms with Gasteiger partial charge in [-0.25, -0.2) is 0 Å². The number of ether oxygens (including phenoxy) is 1. The normalized spacial score (nSPS) is 26.6. The van der Waals surface area contributed by atoms with Crippen molar-refractivity contribution < 1.29 is 9.84 Å². The number of allylic oxidation sites excluding steroid dienone is 4. The molecule has 1 aliphatic rings. The van der Waals surface area contributed by atoms with Crippen LogP contribution < -0.4 is 0 Å². The molecule has 0 bridgehead atoms. The summed E-state index contributed by atoms with van der Waals surface area (Å²) in [7, 11) is 0. The molecular formula is C15H26O2. The van der Waals surface area contributed by atoms with E-state index >= 15 is 0 Å². The van der Waals surface area contributed by atoms with Gasteiger partial charge in [-0.1, -0.05) is 30.7 Å². The Morgan fingerprint density at radius 2 is 2.00 bits per heavy atom. The van der Waals surface area contributed by atoms with Crippen LogP contribution >= 0.6 is 0 Å². The molecule has 0 aromatic carbocycles. The molecule has 1 rings (SSSR count). The van der Waals surface area contributed by atoms with Crippen LogP contribution in [0.15, 0.2) is 23.8 Å². The van der Waals surface area contributed by atoms with E-state index in [1.54, 1.807) is 5.57 Å². The van der Waals surface area contributed by atoms with E-state index in [0.717, 1.165) is 25.2 Å². The highest BCUT2D eigenvalue weighted by atomic mass is 16.5. The van der Waals surface area contributed by atoms with Crippen LogP contribution in [0.5, 0.6) is 0 Å². The minimum absolute atomic E-state index is 0.140. The monoisotopic (exact) mass is 238 g/mol. The van der Waals surface area contributed by atoms with Crippen LogP contribution in [0, 0.1) is 5.92 Å². The van der Waals surface area contributed by atoms with Gasteiger partial charge in [-0.3, -0.25) is 0 Å². The number of aliphatic hydroxyl groups excluding tert-OH is 1. The second-order valence-electron chi connectivity index (χ2n) is 4.69. The van der Waals surface area contributed by atoms with Crippen LogP contribution in [0.4, 0.5) is 0 Å². The molecule has 0 radical (unpaired) electrons. The molecule has 1 aliphatic carbocycles. The fourth-order valence-corrected chi connectivity index (χ4v) is 2.58. The molecule has 0 atom stereocenters. The van der Waals surface area contributed by atoms with E-state index in [9.17, 15) is 0 Å². The Kier molecular flexibility index (Phi) is 7.22. The van der Waals surface area contributed by atoms with Crippen molar-refractivity contribution in [3.8, 4) is 0 Å². The Bertz CT molecular complexity index is 248. The van der Waals surface area contributed by atoms with Gasteiger partial charge in [0.25, 0.3) is 0 Å². The average molecular weight is 238 g/mol. The lowest BCUT2D eigenvalue weighted by atomic mass is 9.81. The molecule has 0 heterocycles. The first-order valence-corrected chi connectivity index (χ1v) is 6.86. The fraction of sp³-hybridized carbons (Fsp3) is 0.733. The largest absolute Gasteiger partial charge is 0.394 e. The topological polar surface area (TPSA) is 29.5 Å². The second kappa shape index (κ2) is 8.48. The molecular weight excluding hydrogens is 212 g/mol. The summed E-state index contributed by atoms with van der Waals surface area (Å²) >= 11 is 0. The fourth-order valence-electron chi connectivity index (χ4n) is 2.58. The predicted molar refractivity (Wildman–Crippen MR) is 72.0 cm³/mol. The van der Waals surface area contributed by atoms with Crippen molar-refractivity contribution in [2.75, 3.05) is 13.2 Å². The van der Waals surface area contributed by atoms with Crippen molar-refractivity contribution >= 4 is 0 Å². The number of aliphatic hydroxyl groups is 1. The van der Waals surface area contributed by atoms with E-state index in [4.69, 9.17) is 9.84 Å². The van der Waals surface area contributed by atoms with Gasteiger partial charge >= 0.3 is 0 Å². The van der Waals surface area contributed by atoms with E-state index in [1.807, 2.05) is 0 Å². The highest BCUT2D eigenvalue weighted by Gasteiger charge is 2.23. The van der Waals surface area contributed by atoms with Gasteiger partial charge in [-0.05, 0) is 44.9 Å². The van der Waals surface area contributed by atoms with Gasteiger partial charge in [0.2, 0.25) is 0 Å². The van der Waals surface area contributed by atoms with Crippen LogP contribution in [0.2, 0.25) is 0 Å². The Balaban J connectivity index is 2.39. The first-order valence-electron chi connectivity index (χ1n) is 6.86. The van der Waals surface area contributed by atoms with Crippen molar-refractivity contribution in [1.82, 2.24) is 0 Å². The van der Waals surface area contributed by atoms with Gasteiger partial charge in [0.05, 0.1) is 19.3 Å². The number of hydrogen-bond acceptors (Lipinski definition) is 2. The van der Waals surface area contributed by atoms with E-state index < -0.39 is 0 Å². The molecule has 1 saturated carbocycles. The Morgan fingerprint density at radius 3 is 2.53 bits per heavy atom. The van der Waals surface area contributed by atoms with Gasteiger partial charge in [0.1, 0.15) is 0 Å². The molecule has 1 N–H and O–H groups in total. The van der Waals surface area contributed by atoms with Crippen molar-refractivity contribution in [1.29, 1.82) is 0 Å². The number of rotatable bonds is 6. The van der Waals surface area contributed by atoms with Crippen LogP contribution in [-0.4, -0.2) is 24.4 Å². The molecule has 0 spiro atoms. The second-order valence-corrected chi connectivity index (χ2v) is 4.69. The van der Waals surface area contributed by atoms with Gasteiger partial charge in [-0.15, -0.1) is 0 Å². The first kappa shape index (κ1) is 14.5. The molecule has 0 aromatic rings. The molecule has 2 heteroatoms. The van der Waals surface area contributed by atoms with Crippen LogP contribution in [0.3, 0.4) is 0 Å². The maximum absolute atomic E-state index is 8.73. The van der Waals surface area contributed by atoms with Crippen molar-refractivity contribution in [2.24, 2.45) is 5.92 Å². The molecule has 0 unspecified atom stereocenters. The molecule has 0 amide bonds. The summed E-state index contributed by atoms with van der Waals surface area (Å²) in [5.74, 6) is 0.741. The molecule has 0 aliphatic heterocycles. The first-order chi connectivity index (χ1) is 8.31. The lowest BCUT2D eigenvalue weighted by molar-refractivity contribution is 0.00296. The van der Waals surface area contributed by atoms with Crippen LogP contribution in [-0.2, 0) is 4.74 Å². The van der Waals surface area contributed by atoms with E-state index in [2.05, 4.69) is 32.1 Å². The van der Waals surface area contributed by atoms with Crippen LogP contribution in [0.1, 0.15) is 46.0 Å². The van der Waals surface area contributed by atoms with Gasteiger partial charge < -0.3 is 9.84 Å². The lowest BCUT2D eigenvalue weighted by Gasteiger charge is -2.29. The zero-order valence-electron chi connectivity index (χ0n) is 11.2. The van der Waals surface area contributed by atoms with Gasteiger partial charge in [-0.2, -0.15) is 0 Å². The molecule has 98 valence electrons. The Labute approximate surface area is 105 Å². The quantitative estimate of drug-likeness (QED) is 0.718. The minimum Gasteiger partial charge on any atom is -0.394 e. The third-order valence-electron chi connectivity index (χ3n) is 3.55. The van der Waals surface area contributed by atoms with E-state index in [-0.39, 0.29) is 6.61 Å². The number of hydrogen-bond donors (Lipinski definition) is 1. The zero-order valence-corrected chi connectivity index (χ0v) is 11.2. The maximum Gasteiger partial charge on any atom is 0.0701 e. The molecule has 2 nitrogen and oxygen atoms in total. The van der Waals surface area contributed by atoms with Crippen molar-refractivity contribution in [3.05, 3.63) is 23.8 Å². The van der Waals surface area contributed by atoms with Gasteiger partial charge in [0, 0.05) is 0 Å². The Morgan fingerprint density at radius 1 is 1.29 bits per heavy atom. The smallest absolute Gasteiger partial charge is 0.0701 e. The highest BCUT2D eigenvalue weighted by Crippen LogP contribution is 2.32. The molecule has 1 fully saturated rings. The predicted octanol–water partition coefficient (Wildman–Crippen LogP) is 3.47. The van der Waals surface area contributed by atoms with Crippen molar-refractivity contribution in [2.45, 2.75) is 52.1 Å². The molecule has 0 saturated heterocycles. The molecule has 17 heavy (non-hydrogen) atoms. The summed E-state index contributed by atoms with van der Waals surface area (Å²) < 4.78 is 5.59. The maximum atomic E-state index is 8.73. The molecule has 0 aromatic heterocycles. The summed E-state index contributed by atoms with van der Waals surface area (Å²) in [5, 5.41) is 8.73. The highest BCUT2D eigenvalue weighted by molar-refractivity contribution is 5.15. The third-order valence-corrected chi connectivity index (χ3v) is 3.55. The summed E-state index contributed by atoms with van der Waals surface area (Å²) in [6, 6.07) is 0. The minimum atomic E-state index is 0.140. The zero-order chi connectivity index (χ0) is 12.5. The SMILES string of the molecule is C/C=C\C=C(/CC)C1CCC(OCCO)CC1. The summed E-state index contributed by atoms with van der Waals surface area (Å²) in [5.41, 5.74) is 1.57. The standard InChI is InChI=1S/C15H26O2/c1-3-5-6-13(4-2)14-7-9-15(10-8-14)17-12-11-16/h3,5-6,14-16H,4,7-12H2,1-2H3/b5-3-,13-6+. The lowest BCUT2D eigenvalue weighted by Crippen LogP contribution is -2.23. The Hall–Kier alpha value is -0.600. The van der Waals surface area contributed by atoms with Crippen molar-refractivity contribution in [3.63, 3.8) is 0 Å². The van der Waals surface area contributed by atoms with Crippen LogP contribution in [0.25, 0.3) is 0 Å². The summed E-state index contributed by atoms with van der Waals surface area (Å²) in [4.78, 5) is 0. The van der Waals surface area contributed by atoms with E-state index in [0.29, 0.717) is 12.7 Å². The average Bonchev–Trinajstić information content (AvgIpc) is 2.38. The third kappa shape index (κ3) is 5.05.